The van der Waals surface area contributed by atoms with E-state index in [-0.39, 0.29) is 18.9 Å². The molecule has 1 aromatic rings. The molecule has 2 aliphatic rings. The Kier molecular flexibility index (Phi) is 6.34. The third-order valence-electron chi connectivity index (χ3n) is 4.72. The van der Waals surface area contributed by atoms with Crippen molar-refractivity contribution in [2.75, 3.05) is 46.0 Å². The minimum atomic E-state index is -0.936. The van der Waals surface area contributed by atoms with Gasteiger partial charge in [0.2, 0.25) is 5.91 Å². The molecule has 0 bridgehead atoms. The van der Waals surface area contributed by atoms with E-state index in [2.05, 4.69) is 4.90 Å². The number of ether oxygens (including phenoxy) is 2. The van der Waals surface area contributed by atoms with Gasteiger partial charge in [0.05, 0.1) is 19.1 Å². The zero-order chi connectivity index (χ0) is 18.5. The van der Waals surface area contributed by atoms with Crippen molar-refractivity contribution in [3.63, 3.8) is 0 Å². The third kappa shape index (κ3) is 4.87. The van der Waals surface area contributed by atoms with E-state index in [0.29, 0.717) is 23.9 Å². The highest BCUT2D eigenvalue weighted by Crippen LogP contribution is 2.27. The number of carboxylic acid groups (broad SMARTS) is 1. The van der Waals surface area contributed by atoms with Gasteiger partial charge in [-0.3, -0.25) is 14.5 Å². The number of carbonyl (C=O) groups excluding carboxylic acids is 1. The quantitative estimate of drug-likeness (QED) is 0.769. The van der Waals surface area contributed by atoms with Crippen molar-refractivity contribution >= 4 is 23.5 Å². The second kappa shape index (κ2) is 8.70. The van der Waals surface area contributed by atoms with Gasteiger partial charge >= 0.3 is 5.97 Å². The smallest absolute Gasteiger partial charge is 0.308 e. The molecule has 2 aliphatic heterocycles. The lowest BCUT2D eigenvalue weighted by Gasteiger charge is -2.26. The molecule has 0 spiro atoms. The first-order valence-corrected chi connectivity index (χ1v) is 9.12. The van der Waals surface area contributed by atoms with Crippen molar-refractivity contribution < 1.29 is 24.2 Å². The van der Waals surface area contributed by atoms with Crippen molar-refractivity contribution in [1.82, 2.24) is 9.80 Å². The molecule has 0 aromatic heterocycles. The second-order valence-corrected chi connectivity index (χ2v) is 7.00. The summed E-state index contributed by atoms with van der Waals surface area (Å²) < 4.78 is 11.2. The van der Waals surface area contributed by atoms with Gasteiger partial charge in [-0.15, -0.1) is 0 Å². The van der Waals surface area contributed by atoms with Crippen molar-refractivity contribution in [3.8, 4) is 5.75 Å². The van der Waals surface area contributed by atoms with Gasteiger partial charge in [0, 0.05) is 49.7 Å². The van der Waals surface area contributed by atoms with Gasteiger partial charge in [-0.25, -0.2) is 0 Å². The number of halogens is 1. The SMILES string of the molecule is O=C(O)C1CC(=O)N(Cc2cc(Cl)ccc2OCCN2CCOCC2)C1. The van der Waals surface area contributed by atoms with Crippen LogP contribution in [-0.4, -0.2) is 72.8 Å². The molecule has 1 N–H and O–H groups in total. The minimum Gasteiger partial charge on any atom is -0.492 e. The molecular formula is C18H23ClN2O5. The topological polar surface area (TPSA) is 79.3 Å². The van der Waals surface area contributed by atoms with E-state index in [4.69, 9.17) is 26.2 Å². The molecule has 0 saturated carbocycles. The van der Waals surface area contributed by atoms with Crippen LogP contribution in [0.3, 0.4) is 0 Å². The summed E-state index contributed by atoms with van der Waals surface area (Å²) in [7, 11) is 0. The van der Waals surface area contributed by atoms with Gasteiger partial charge in [0.25, 0.3) is 0 Å². The summed E-state index contributed by atoms with van der Waals surface area (Å²) in [4.78, 5) is 27.0. The van der Waals surface area contributed by atoms with Crippen LogP contribution in [0.15, 0.2) is 18.2 Å². The molecule has 2 heterocycles. The Morgan fingerprint density at radius 3 is 2.81 bits per heavy atom. The number of morpholine rings is 1. The number of likely N-dealkylation sites (tertiary alicyclic amines) is 1. The largest absolute Gasteiger partial charge is 0.492 e. The predicted molar refractivity (Wildman–Crippen MR) is 95.4 cm³/mol. The van der Waals surface area contributed by atoms with Crippen LogP contribution in [0.2, 0.25) is 5.02 Å². The van der Waals surface area contributed by atoms with Crippen LogP contribution in [0.1, 0.15) is 12.0 Å². The molecule has 1 aromatic carbocycles. The van der Waals surface area contributed by atoms with Crippen molar-refractivity contribution in [3.05, 3.63) is 28.8 Å². The number of hydrogen-bond donors (Lipinski definition) is 1. The Morgan fingerprint density at radius 2 is 2.12 bits per heavy atom. The number of carboxylic acids is 1. The molecule has 0 aliphatic carbocycles. The molecule has 2 fully saturated rings. The predicted octanol–water partition coefficient (Wildman–Crippen LogP) is 1.48. The van der Waals surface area contributed by atoms with E-state index < -0.39 is 11.9 Å². The number of hydrogen-bond acceptors (Lipinski definition) is 5. The average molecular weight is 383 g/mol. The zero-order valence-corrected chi connectivity index (χ0v) is 15.3. The number of rotatable bonds is 7. The Hall–Kier alpha value is -1.83. The van der Waals surface area contributed by atoms with E-state index in [1.165, 1.54) is 0 Å². The Labute approximate surface area is 157 Å². The van der Waals surface area contributed by atoms with Crippen LogP contribution >= 0.6 is 11.6 Å². The molecule has 3 rings (SSSR count). The molecule has 2 saturated heterocycles. The van der Waals surface area contributed by atoms with E-state index in [1.54, 1.807) is 23.1 Å². The highest BCUT2D eigenvalue weighted by molar-refractivity contribution is 6.30. The Bertz CT molecular complexity index is 663. The van der Waals surface area contributed by atoms with Gasteiger partial charge in [-0.2, -0.15) is 0 Å². The van der Waals surface area contributed by atoms with Crippen LogP contribution in [-0.2, 0) is 20.9 Å². The first kappa shape index (κ1) is 18.9. The van der Waals surface area contributed by atoms with Crippen molar-refractivity contribution in [2.24, 2.45) is 5.92 Å². The maximum Gasteiger partial charge on any atom is 0.308 e. The Morgan fingerprint density at radius 1 is 1.35 bits per heavy atom. The molecular weight excluding hydrogens is 360 g/mol. The summed E-state index contributed by atoms with van der Waals surface area (Å²) in [6.45, 7) is 5.13. The highest BCUT2D eigenvalue weighted by Gasteiger charge is 2.34. The van der Waals surface area contributed by atoms with Crippen molar-refractivity contribution in [2.45, 2.75) is 13.0 Å². The molecule has 1 amide bonds. The Balaban J connectivity index is 1.60. The zero-order valence-electron chi connectivity index (χ0n) is 14.5. The van der Waals surface area contributed by atoms with Crippen LogP contribution in [0.4, 0.5) is 0 Å². The summed E-state index contributed by atoms with van der Waals surface area (Å²) in [6, 6.07) is 5.32. The molecule has 1 atom stereocenters. The fourth-order valence-electron chi connectivity index (χ4n) is 3.22. The normalized spacial score (nSPS) is 21.2. The fraction of sp³-hybridized carbons (Fsp3) is 0.556. The highest BCUT2D eigenvalue weighted by atomic mass is 35.5. The molecule has 1 unspecified atom stereocenters. The van der Waals surface area contributed by atoms with Gasteiger partial charge in [-0.05, 0) is 18.2 Å². The van der Waals surface area contributed by atoms with E-state index in [1.807, 2.05) is 0 Å². The standard InChI is InChI=1S/C18H23ClN2O5/c19-15-1-2-16(26-8-5-20-3-6-25-7-4-20)13(9-15)11-21-12-14(18(23)24)10-17(21)22/h1-2,9,14H,3-8,10-12H2,(H,23,24). The van der Waals surface area contributed by atoms with E-state index in [0.717, 1.165) is 38.4 Å². The van der Waals surface area contributed by atoms with E-state index in [9.17, 15) is 9.59 Å². The maximum absolute atomic E-state index is 12.1. The minimum absolute atomic E-state index is 0.0448. The summed E-state index contributed by atoms with van der Waals surface area (Å²) in [5.41, 5.74) is 0.791. The number of nitrogens with zero attached hydrogens (tertiary/aromatic N) is 2. The summed E-state index contributed by atoms with van der Waals surface area (Å²) in [6.07, 6.45) is 0.0448. The van der Waals surface area contributed by atoms with Gasteiger partial charge in [0.1, 0.15) is 12.4 Å². The summed E-state index contributed by atoms with van der Waals surface area (Å²) in [5, 5.41) is 9.67. The van der Waals surface area contributed by atoms with Gasteiger partial charge in [0.15, 0.2) is 0 Å². The van der Waals surface area contributed by atoms with Crippen molar-refractivity contribution in [1.29, 1.82) is 0 Å². The van der Waals surface area contributed by atoms with Gasteiger partial charge in [-0.1, -0.05) is 11.6 Å². The number of aliphatic carboxylic acids is 1. The molecule has 7 nitrogen and oxygen atoms in total. The number of benzene rings is 1. The number of amides is 1. The molecule has 26 heavy (non-hydrogen) atoms. The van der Waals surface area contributed by atoms with Crippen LogP contribution in [0, 0.1) is 5.92 Å². The second-order valence-electron chi connectivity index (χ2n) is 6.57. The first-order valence-electron chi connectivity index (χ1n) is 8.75. The summed E-state index contributed by atoms with van der Waals surface area (Å²) in [5.74, 6) is -1.06. The average Bonchev–Trinajstić information content (AvgIpc) is 2.99. The lowest BCUT2D eigenvalue weighted by molar-refractivity contribution is -0.141. The molecule has 142 valence electrons. The lowest BCUT2D eigenvalue weighted by Crippen LogP contribution is -2.38. The lowest BCUT2D eigenvalue weighted by atomic mass is 10.1. The van der Waals surface area contributed by atoms with Gasteiger partial charge < -0.3 is 19.5 Å². The molecule has 0 radical (unpaired) electrons. The van der Waals surface area contributed by atoms with Crippen LogP contribution in [0.5, 0.6) is 5.75 Å². The van der Waals surface area contributed by atoms with Crippen LogP contribution in [0.25, 0.3) is 0 Å². The van der Waals surface area contributed by atoms with E-state index >= 15 is 0 Å². The maximum atomic E-state index is 12.1. The monoisotopic (exact) mass is 382 g/mol. The first-order chi connectivity index (χ1) is 12.5. The fourth-order valence-corrected chi connectivity index (χ4v) is 3.41. The molecule has 8 heteroatoms. The van der Waals surface area contributed by atoms with Crippen LogP contribution < -0.4 is 4.74 Å². The number of carbonyl (C=O) groups is 2. The summed E-state index contributed by atoms with van der Waals surface area (Å²) >= 11 is 6.10. The third-order valence-corrected chi connectivity index (χ3v) is 4.95.